The molecule has 0 aliphatic heterocycles. The molecule has 4 heteroatoms. The molecule has 1 aliphatic carbocycles. The second-order valence-corrected chi connectivity index (χ2v) is 9.62. The molecule has 12 heavy (non-hydrogen) atoms. The van der Waals surface area contributed by atoms with E-state index in [0.29, 0.717) is 12.2 Å². The van der Waals surface area contributed by atoms with Crippen LogP contribution in [0.1, 0.15) is 19.3 Å². The molecule has 0 heterocycles. The second-order valence-electron chi connectivity index (χ2n) is 3.91. The zero-order valence-electron chi connectivity index (χ0n) is 7.60. The van der Waals surface area contributed by atoms with E-state index in [1.54, 1.807) is 0 Å². The van der Waals surface area contributed by atoms with Gasteiger partial charge in [-0.15, -0.1) is 0 Å². The van der Waals surface area contributed by atoms with Crippen molar-refractivity contribution in [1.29, 1.82) is 0 Å². The molecule has 0 saturated heterocycles. The van der Waals surface area contributed by atoms with E-state index in [1.165, 1.54) is 0 Å². The lowest BCUT2D eigenvalue weighted by atomic mass is 10.3. The summed E-state index contributed by atoms with van der Waals surface area (Å²) in [5.41, 5.74) is 0. The number of alkyl halides is 1. The molecule has 1 rings (SSSR count). The summed E-state index contributed by atoms with van der Waals surface area (Å²) in [7, 11) is -1.51. The van der Waals surface area contributed by atoms with E-state index in [-0.39, 0.29) is 6.10 Å². The Morgan fingerprint density at radius 3 is 2.75 bits per heavy atom. The van der Waals surface area contributed by atoms with Crippen molar-refractivity contribution in [3.63, 3.8) is 0 Å². The largest absolute Gasteiger partial charge is 0.413 e. The van der Waals surface area contributed by atoms with Crippen molar-refractivity contribution in [3.05, 3.63) is 0 Å². The van der Waals surface area contributed by atoms with Gasteiger partial charge in [-0.2, -0.15) is 0 Å². The van der Waals surface area contributed by atoms with Crippen LogP contribution < -0.4 is 0 Å². The summed E-state index contributed by atoms with van der Waals surface area (Å²) in [4.78, 5) is 11.9. The number of ketones is 1. The summed E-state index contributed by atoms with van der Waals surface area (Å²) in [5.74, 6) is 0.361. The first-order valence-corrected chi connectivity index (χ1v) is 8.53. The lowest BCUT2D eigenvalue weighted by molar-refractivity contribution is -0.117. The third kappa shape index (κ3) is 2.99. The van der Waals surface area contributed by atoms with Crippen LogP contribution in [0.25, 0.3) is 0 Å². The summed E-state index contributed by atoms with van der Waals surface area (Å²) in [6.07, 6.45) is 2.51. The number of halogens is 1. The normalized spacial score (nSPS) is 24.9. The van der Waals surface area contributed by atoms with E-state index in [1.807, 2.05) is 0 Å². The van der Waals surface area contributed by atoms with Crippen molar-refractivity contribution < 1.29 is 9.22 Å². The van der Waals surface area contributed by atoms with Crippen molar-refractivity contribution in [2.24, 2.45) is 0 Å². The Labute approximate surface area is 82.9 Å². The van der Waals surface area contributed by atoms with Gasteiger partial charge in [-0.3, -0.25) is 4.79 Å². The Bertz CT molecular complexity index is 182. The van der Waals surface area contributed by atoms with Crippen LogP contribution in [0.2, 0.25) is 13.1 Å². The van der Waals surface area contributed by atoms with Crippen LogP contribution in [-0.2, 0) is 9.22 Å². The lowest BCUT2D eigenvalue weighted by Gasteiger charge is -2.24. The molecule has 0 spiro atoms. The predicted molar refractivity (Wildman–Crippen MR) is 55.0 cm³/mol. The zero-order valence-corrected chi connectivity index (χ0v) is 10.2. The molecule has 0 aromatic carbocycles. The van der Waals surface area contributed by atoms with Gasteiger partial charge in [0.1, 0.15) is 5.78 Å². The van der Waals surface area contributed by atoms with Crippen molar-refractivity contribution in [3.8, 4) is 0 Å². The Morgan fingerprint density at radius 1 is 1.67 bits per heavy atom. The molecule has 0 aromatic rings. The van der Waals surface area contributed by atoms with E-state index >= 15 is 0 Å². The molecule has 2 nitrogen and oxygen atoms in total. The highest BCUT2D eigenvalue weighted by atomic mass is 79.9. The maximum atomic E-state index is 11.0. The first-order valence-electron chi connectivity index (χ1n) is 4.29. The van der Waals surface area contributed by atoms with Gasteiger partial charge in [0.05, 0.1) is 6.10 Å². The van der Waals surface area contributed by atoms with Gasteiger partial charge in [-0.05, 0) is 19.5 Å². The standard InChI is InChI=1S/C8H15BrO2Si/c1-12(2,6-9)11-8-4-3-7(10)5-8/h8H,3-6H2,1-2H3/t8-/m0/s1. The van der Waals surface area contributed by atoms with Crippen LogP contribution in [-0.4, -0.2) is 25.2 Å². The maximum absolute atomic E-state index is 11.0. The molecular weight excluding hydrogens is 236 g/mol. The minimum absolute atomic E-state index is 0.219. The van der Waals surface area contributed by atoms with Gasteiger partial charge in [0.15, 0.2) is 8.32 Å². The Hall–Kier alpha value is 0.327. The molecule has 0 radical (unpaired) electrons. The Kier molecular flexibility index (Phi) is 3.49. The van der Waals surface area contributed by atoms with Gasteiger partial charge in [0.2, 0.25) is 0 Å². The van der Waals surface area contributed by atoms with Crippen LogP contribution in [0, 0.1) is 0 Å². The average Bonchev–Trinajstić information content (AvgIpc) is 2.35. The monoisotopic (exact) mass is 250 g/mol. The molecule has 0 bridgehead atoms. The van der Waals surface area contributed by atoms with Gasteiger partial charge in [0, 0.05) is 17.8 Å². The first kappa shape index (κ1) is 10.4. The van der Waals surface area contributed by atoms with Crippen molar-refractivity contribution in [2.45, 2.75) is 38.5 Å². The smallest absolute Gasteiger partial charge is 0.197 e. The van der Waals surface area contributed by atoms with Crippen molar-refractivity contribution in [1.82, 2.24) is 0 Å². The lowest BCUT2D eigenvalue weighted by Crippen LogP contribution is -2.36. The number of hydrogen-bond acceptors (Lipinski definition) is 2. The maximum Gasteiger partial charge on any atom is 0.197 e. The minimum Gasteiger partial charge on any atom is -0.413 e. The van der Waals surface area contributed by atoms with Crippen LogP contribution in [0.15, 0.2) is 0 Å². The van der Waals surface area contributed by atoms with E-state index in [4.69, 9.17) is 4.43 Å². The first-order chi connectivity index (χ1) is 5.53. The molecule has 0 N–H and O–H groups in total. The fourth-order valence-electron chi connectivity index (χ4n) is 1.36. The molecule has 1 saturated carbocycles. The van der Waals surface area contributed by atoms with E-state index in [0.717, 1.165) is 17.8 Å². The van der Waals surface area contributed by atoms with Crippen LogP contribution in [0.4, 0.5) is 0 Å². The van der Waals surface area contributed by atoms with Crippen molar-refractivity contribution >= 4 is 30.0 Å². The summed E-state index contributed by atoms with van der Waals surface area (Å²) in [5, 5.41) is 0. The van der Waals surface area contributed by atoms with Crippen LogP contribution in [0.5, 0.6) is 0 Å². The van der Waals surface area contributed by atoms with E-state index in [2.05, 4.69) is 29.0 Å². The van der Waals surface area contributed by atoms with Gasteiger partial charge >= 0.3 is 0 Å². The fourth-order valence-corrected chi connectivity index (χ4v) is 2.93. The number of Topliss-reactive ketones (excluding diaryl/α,β-unsaturated/α-hetero) is 1. The minimum atomic E-state index is -1.51. The highest BCUT2D eigenvalue weighted by Gasteiger charge is 2.30. The van der Waals surface area contributed by atoms with Crippen LogP contribution in [0.3, 0.4) is 0 Å². The Morgan fingerprint density at radius 2 is 2.33 bits per heavy atom. The van der Waals surface area contributed by atoms with Gasteiger partial charge in [-0.1, -0.05) is 15.9 Å². The summed E-state index contributed by atoms with van der Waals surface area (Å²) >= 11 is 3.45. The molecule has 1 atom stereocenters. The molecule has 0 unspecified atom stereocenters. The Balaban J connectivity index is 2.36. The molecule has 0 aromatic heterocycles. The third-order valence-electron chi connectivity index (χ3n) is 2.01. The van der Waals surface area contributed by atoms with Gasteiger partial charge in [-0.25, -0.2) is 0 Å². The SMILES string of the molecule is C[Si](C)(CBr)O[C@H]1CCC(=O)C1. The molecular formula is C8H15BrO2Si. The van der Waals surface area contributed by atoms with Gasteiger partial charge in [0.25, 0.3) is 0 Å². The van der Waals surface area contributed by atoms with E-state index in [9.17, 15) is 4.79 Å². The molecule has 0 amide bonds. The van der Waals surface area contributed by atoms with Gasteiger partial charge < -0.3 is 4.43 Å². The highest BCUT2D eigenvalue weighted by molar-refractivity contribution is 9.09. The zero-order chi connectivity index (χ0) is 9.19. The van der Waals surface area contributed by atoms with E-state index < -0.39 is 8.32 Å². The highest BCUT2D eigenvalue weighted by Crippen LogP contribution is 2.22. The quantitative estimate of drug-likeness (QED) is 0.568. The predicted octanol–water partition coefficient (Wildman–Crippen LogP) is 2.26. The topological polar surface area (TPSA) is 26.3 Å². The number of rotatable bonds is 3. The number of carbonyl (C=O) groups is 1. The molecule has 70 valence electrons. The molecule has 1 fully saturated rings. The summed E-state index contributed by atoms with van der Waals surface area (Å²) in [6.45, 7) is 4.34. The van der Waals surface area contributed by atoms with Crippen LogP contribution >= 0.6 is 15.9 Å². The summed E-state index contributed by atoms with van der Waals surface area (Å²) in [6, 6.07) is 0. The van der Waals surface area contributed by atoms with Crippen molar-refractivity contribution in [2.75, 3.05) is 4.95 Å². The number of hydrogen-bond donors (Lipinski definition) is 0. The summed E-state index contributed by atoms with van der Waals surface area (Å²) < 4.78 is 5.89. The number of carbonyl (C=O) groups excluding carboxylic acids is 1. The average molecular weight is 251 g/mol. The second kappa shape index (κ2) is 4.02. The third-order valence-corrected chi connectivity index (χ3v) is 7.67. The fraction of sp³-hybridized carbons (Fsp3) is 0.875. The molecule has 1 aliphatic rings.